The van der Waals surface area contributed by atoms with Crippen LogP contribution in [0, 0.1) is 0 Å². The quantitative estimate of drug-likeness (QED) is 0.691. The normalized spacial score (nSPS) is 11.0. The Kier molecular flexibility index (Phi) is 5.88. The fourth-order valence-electron chi connectivity index (χ4n) is 1.62. The molecule has 2 aromatic rings. The van der Waals surface area contributed by atoms with Crippen molar-refractivity contribution in [1.82, 2.24) is 10.3 Å². The summed E-state index contributed by atoms with van der Waals surface area (Å²) in [6.45, 7) is 4.86. The van der Waals surface area contributed by atoms with Gasteiger partial charge in [0.15, 0.2) is 0 Å². The van der Waals surface area contributed by atoms with Crippen LogP contribution in [0.15, 0.2) is 34.8 Å². The number of hydrogen-bond donors (Lipinski definition) is 1. The summed E-state index contributed by atoms with van der Waals surface area (Å²) in [5.41, 5.74) is 0.903. The fourth-order valence-corrected chi connectivity index (χ4v) is 2.45. The molecule has 0 saturated heterocycles. The number of ether oxygens (including phenoxy) is 1. The standard InChI is InChI=1S/C15H15BrCl2N2O/c1-9(2)19-8-10-4-3-5-15(20-10)21-14-7-12(17)11(16)6-13(14)18/h3-7,9,19H,8H2,1-2H3. The highest BCUT2D eigenvalue weighted by molar-refractivity contribution is 9.10. The van der Waals surface area contributed by atoms with Crippen molar-refractivity contribution in [2.75, 3.05) is 0 Å². The van der Waals surface area contributed by atoms with Crippen molar-refractivity contribution < 1.29 is 4.74 Å². The summed E-state index contributed by atoms with van der Waals surface area (Å²) in [7, 11) is 0. The van der Waals surface area contributed by atoms with Gasteiger partial charge in [0.25, 0.3) is 0 Å². The topological polar surface area (TPSA) is 34.1 Å². The van der Waals surface area contributed by atoms with Gasteiger partial charge in [0.05, 0.1) is 15.7 Å². The Balaban J connectivity index is 2.16. The number of rotatable bonds is 5. The van der Waals surface area contributed by atoms with Gasteiger partial charge in [-0.05, 0) is 28.1 Å². The minimum absolute atomic E-state index is 0.399. The molecule has 21 heavy (non-hydrogen) atoms. The minimum atomic E-state index is 0.399. The Morgan fingerprint density at radius 2 is 2.00 bits per heavy atom. The lowest BCUT2D eigenvalue weighted by Crippen LogP contribution is -2.22. The second-order valence-electron chi connectivity index (χ2n) is 4.80. The number of nitrogens with one attached hydrogen (secondary N) is 1. The van der Waals surface area contributed by atoms with Crippen molar-refractivity contribution in [2.24, 2.45) is 0 Å². The summed E-state index contributed by atoms with van der Waals surface area (Å²) in [5, 5.41) is 4.31. The predicted octanol–water partition coefficient (Wildman–Crippen LogP) is 5.44. The van der Waals surface area contributed by atoms with Crippen LogP contribution in [0.4, 0.5) is 0 Å². The van der Waals surface area contributed by atoms with Gasteiger partial charge in [0, 0.05) is 29.2 Å². The molecule has 0 aliphatic carbocycles. The first-order chi connectivity index (χ1) is 9.95. The average molecular weight is 390 g/mol. The fraction of sp³-hybridized carbons (Fsp3) is 0.267. The van der Waals surface area contributed by atoms with Crippen LogP contribution in [0.2, 0.25) is 10.0 Å². The SMILES string of the molecule is CC(C)NCc1cccc(Oc2cc(Cl)c(Br)cc2Cl)n1. The molecule has 0 amide bonds. The zero-order valence-corrected chi connectivity index (χ0v) is 14.8. The van der Waals surface area contributed by atoms with Gasteiger partial charge in [-0.3, -0.25) is 0 Å². The summed E-state index contributed by atoms with van der Waals surface area (Å²) in [4.78, 5) is 4.44. The Morgan fingerprint density at radius 1 is 1.24 bits per heavy atom. The van der Waals surface area contributed by atoms with Crippen molar-refractivity contribution in [2.45, 2.75) is 26.4 Å². The van der Waals surface area contributed by atoms with Crippen molar-refractivity contribution in [3.63, 3.8) is 0 Å². The molecular weight excluding hydrogens is 375 g/mol. The molecule has 2 rings (SSSR count). The Morgan fingerprint density at radius 3 is 2.71 bits per heavy atom. The van der Waals surface area contributed by atoms with Crippen LogP contribution >= 0.6 is 39.1 Å². The van der Waals surface area contributed by atoms with Crippen molar-refractivity contribution in [3.8, 4) is 11.6 Å². The van der Waals surface area contributed by atoms with Gasteiger partial charge in [-0.25, -0.2) is 4.98 Å². The number of benzene rings is 1. The van der Waals surface area contributed by atoms with E-state index >= 15 is 0 Å². The molecular formula is C15H15BrCl2N2O. The summed E-state index contributed by atoms with van der Waals surface area (Å²) in [6, 6.07) is 9.38. The number of pyridine rings is 1. The molecule has 1 aromatic carbocycles. The van der Waals surface area contributed by atoms with E-state index in [0.717, 1.165) is 10.2 Å². The van der Waals surface area contributed by atoms with Gasteiger partial charge in [0.2, 0.25) is 5.88 Å². The molecule has 1 N–H and O–H groups in total. The zero-order valence-electron chi connectivity index (χ0n) is 11.7. The van der Waals surface area contributed by atoms with Crippen molar-refractivity contribution in [1.29, 1.82) is 0 Å². The van der Waals surface area contributed by atoms with E-state index in [4.69, 9.17) is 27.9 Å². The van der Waals surface area contributed by atoms with Gasteiger partial charge < -0.3 is 10.1 Å². The molecule has 0 aliphatic heterocycles. The largest absolute Gasteiger partial charge is 0.437 e. The predicted molar refractivity (Wildman–Crippen MR) is 90.4 cm³/mol. The van der Waals surface area contributed by atoms with Crippen molar-refractivity contribution in [3.05, 3.63) is 50.5 Å². The second-order valence-corrected chi connectivity index (χ2v) is 6.47. The third kappa shape index (κ3) is 4.85. The molecule has 0 bridgehead atoms. The van der Waals surface area contributed by atoms with E-state index < -0.39 is 0 Å². The highest BCUT2D eigenvalue weighted by Gasteiger charge is 2.09. The van der Waals surface area contributed by atoms with E-state index in [1.54, 1.807) is 18.2 Å². The Hall–Kier alpha value is -0.810. The van der Waals surface area contributed by atoms with Crippen LogP contribution in [0.25, 0.3) is 0 Å². The molecule has 0 saturated carbocycles. The van der Waals surface area contributed by atoms with E-state index in [2.05, 4.69) is 40.1 Å². The van der Waals surface area contributed by atoms with Gasteiger partial charge in [-0.2, -0.15) is 0 Å². The summed E-state index contributed by atoms with van der Waals surface area (Å²) >= 11 is 15.5. The molecule has 0 spiro atoms. The van der Waals surface area contributed by atoms with Crippen LogP contribution in [-0.4, -0.2) is 11.0 Å². The third-order valence-electron chi connectivity index (χ3n) is 2.66. The van der Waals surface area contributed by atoms with Gasteiger partial charge in [0.1, 0.15) is 5.75 Å². The molecule has 0 aliphatic rings. The van der Waals surface area contributed by atoms with Crippen LogP contribution in [0.5, 0.6) is 11.6 Å². The summed E-state index contributed by atoms with van der Waals surface area (Å²) in [5.74, 6) is 0.963. The van der Waals surface area contributed by atoms with Crippen molar-refractivity contribution >= 4 is 39.1 Å². The first-order valence-electron chi connectivity index (χ1n) is 6.47. The molecule has 1 heterocycles. The Labute approximate surface area is 142 Å². The lowest BCUT2D eigenvalue weighted by molar-refractivity contribution is 0.458. The highest BCUT2D eigenvalue weighted by Crippen LogP contribution is 2.36. The zero-order chi connectivity index (χ0) is 15.4. The van der Waals surface area contributed by atoms with E-state index in [-0.39, 0.29) is 0 Å². The monoisotopic (exact) mass is 388 g/mol. The molecule has 0 radical (unpaired) electrons. The summed E-state index contributed by atoms with van der Waals surface area (Å²) in [6.07, 6.45) is 0. The maximum Gasteiger partial charge on any atom is 0.219 e. The van der Waals surface area contributed by atoms with Crippen LogP contribution in [-0.2, 0) is 6.54 Å². The average Bonchev–Trinajstić information content (AvgIpc) is 2.43. The molecule has 1 aromatic heterocycles. The maximum atomic E-state index is 6.14. The summed E-state index contributed by atoms with van der Waals surface area (Å²) < 4.78 is 6.44. The molecule has 0 atom stereocenters. The number of aromatic nitrogens is 1. The number of halogens is 3. The number of nitrogens with zero attached hydrogens (tertiary/aromatic N) is 1. The van der Waals surface area contributed by atoms with E-state index in [1.807, 2.05) is 12.1 Å². The first kappa shape index (κ1) is 16.6. The third-order valence-corrected chi connectivity index (χ3v) is 4.15. The first-order valence-corrected chi connectivity index (χ1v) is 8.02. The molecule has 3 nitrogen and oxygen atoms in total. The highest BCUT2D eigenvalue weighted by atomic mass is 79.9. The molecule has 0 unspecified atom stereocenters. The van der Waals surface area contributed by atoms with Crippen LogP contribution in [0.1, 0.15) is 19.5 Å². The Bertz CT molecular complexity index is 635. The molecule has 112 valence electrons. The van der Waals surface area contributed by atoms with Gasteiger partial charge in [-0.15, -0.1) is 0 Å². The second kappa shape index (κ2) is 7.45. The van der Waals surface area contributed by atoms with E-state index in [0.29, 0.717) is 34.3 Å². The maximum absolute atomic E-state index is 6.14. The van der Waals surface area contributed by atoms with E-state index in [1.165, 1.54) is 0 Å². The van der Waals surface area contributed by atoms with Gasteiger partial charge in [-0.1, -0.05) is 43.1 Å². The van der Waals surface area contributed by atoms with Gasteiger partial charge >= 0.3 is 0 Å². The van der Waals surface area contributed by atoms with Crippen LogP contribution < -0.4 is 10.1 Å². The molecule has 6 heteroatoms. The number of hydrogen-bond acceptors (Lipinski definition) is 3. The lowest BCUT2D eigenvalue weighted by atomic mass is 10.3. The van der Waals surface area contributed by atoms with Crippen LogP contribution in [0.3, 0.4) is 0 Å². The minimum Gasteiger partial charge on any atom is -0.437 e. The van der Waals surface area contributed by atoms with E-state index in [9.17, 15) is 0 Å². The molecule has 0 fully saturated rings. The smallest absolute Gasteiger partial charge is 0.219 e. The lowest BCUT2D eigenvalue weighted by Gasteiger charge is -2.11.